The Bertz CT molecular complexity index is 292. The summed E-state index contributed by atoms with van der Waals surface area (Å²) in [6.45, 7) is 2.31. The second-order valence-electron chi connectivity index (χ2n) is 4.32. The van der Waals surface area contributed by atoms with E-state index >= 15 is 0 Å². The number of allylic oxidation sites excluding steroid dienone is 1. The highest BCUT2D eigenvalue weighted by atomic mass is 16.5. The normalized spacial score (nSPS) is 19.8. The van der Waals surface area contributed by atoms with E-state index in [4.69, 9.17) is 9.84 Å². The molecule has 1 aliphatic heterocycles. The first-order valence-corrected chi connectivity index (χ1v) is 6.45. The van der Waals surface area contributed by atoms with Gasteiger partial charge in [0.15, 0.2) is 0 Å². The van der Waals surface area contributed by atoms with E-state index in [1.54, 1.807) is 0 Å². The molecule has 0 aromatic rings. The van der Waals surface area contributed by atoms with Gasteiger partial charge < -0.3 is 9.84 Å². The largest absolute Gasteiger partial charge is 0.455 e. The number of unbranched alkanes of at least 4 members (excludes halogenated alkanes) is 2. The van der Waals surface area contributed by atoms with Crippen LogP contribution in [0.2, 0.25) is 0 Å². The second-order valence-corrected chi connectivity index (χ2v) is 4.32. The lowest BCUT2D eigenvalue weighted by Gasteiger charge is -2.06. The molecule has 0 aromatic carbocycles. The van der Waals surface area contributed by atoms with Crippen LogP contribution in [0.5, 0.6) is 0 Å². The number of hydrogen-bond donors (Lipinski definition) is 1. The Morgan fingerprint density at radius 2 is 2.24 bits per heavy atom. The molecular weight excluding hydrogens is 216 g/mol. The van der Waals surface area contributed by atoms with E-state index in [0.29, 0.717) is 12.8 Å². The highest BCUT2D eigenvalue weighted by molar-refractivity contribution is 5.91. The molecule has 0 amide bonds. The highest BCUT2D eigenvalue weighted by Gasteiger charge is 2.23. The van der Waals surface area contributed by atoms with Gasteiger partial charge in [-0.1, -0.05) is 31.9 Å². The number of esters is 1. The number of carbonyl (C=O) groups excluding carboxylic acids is 1. The summed E-state index contributed by atoms with van der Waals surface area (Å²) in [6.07, 6.45) is 11.4. The van der Waals surface area contributed by atoms with Crippen LogP contribution in [0.3, 0.4) is 0 Å². The second kappa shape index (κ2) is 8.07. The van der Waals surface area contributed by atoms with Crippen molar-refractivity contribution in [2.24, 2.45) is 0 Å². The zero-order valence-electron chi connectivity index (χ0n) is 10.5. The number of ether oxygens (including phenoxy) is 1. The maximum atomic E-state index is 11.5. The quantitative estimate of drug-likeness (QED) is 0.402. The van der Waals surface area contributed by atoms with Crippen molar-refractivity contribution in [3.8, 4) is 0 Å². The Morgan fingerprint density at radius 1 is 1.41 bits per heavy atom. The fourth-order valence-electron chi connectivity index (χ4n) is 1.83. The molecule has 17 heavy (non-hydrogen) atoms. The smallest absolute Gasteiger partial charge is 0.334 e. The minimum Gasteiger partial charge on any atom is -0.455 e. The molecule has 96 valence electrons. The lowest BCUT2D eigenvalue weighted by atomic mass is 10.1. The Morgan fingerprint density at radius 3 is 2.94 bits per heavy atom. The van der Waals surface area contributed by atoms with E-state index in [9.17, 15) is 4.79 Å². The van der Waals surface area contributed by atoms with E-state index in [0.717, 1.165) is 18.4 Å². The van der Waals surface area contributed by atoms with Gasteiger partial charge in [0.2, 0.25) is 0 Å². The Labute approximate surface area is 103 Å². The molecule has 3 nitrogen and oxygen atoms in total. The van der Waals surface area contributed by atoms with E-state index in [1.807, 2.05) is 18.2 Å². The Kier molecular flexibility index (Phi) is 6.63. The van der Waals surface area contributed by atoms with Gasteiger partial charge in [-0.15, -0.1) is 0 Å². The molecule has 0 saturated carbocycles. The van der Waals surface area contributed by atoms with Crippen LogP contribution >= 0.6 is 0 Å². The van der Waals surface area contributed by atoms with Crippen LogP contribution in [0, 0.1) is 0 Å². The van der Waals surface area contributed by atoms with Crippen LogP contribution in [0.1, 0.15) is 45.4 Å². The third-order valence-electron chi connectivity index (χ3n) is 2.80. The lowest BCUT2D eigenvalue weighted by molar-refractivity contribution is -0.139. The number of aliphatic hydroxyl groups is 1. The first-order chi connectivity index (χ1) is 8.27. The van der Waals surface area contributed by atoms with E-state index in [1.165, 1.54) is 12.8 Å². The number of rotatable bonds is 8. The molecule has 0 aromatic heterocycles. The predicted molar refractivity (Wildman–Crippen MR) is 67.6 cm³/mol. The van der Waals surface area contributed by atoms with Crippen LogP contribution < -0.4 is 0 Å². The summed E-state index contributed by atoms with van der Waals surface area (Å²) in [5.41, 5.74) is 0.751. The summed E-state index contributed by atoms with van der Waals surface area (Å²) in [5.74, 6) is -0.180. The summed E-state index contributed by atoms with van der Waals surface area (Å²) in [7, 11) is 0. The van der Waals surface area contributed by atoms with Gasteiger partial charge in [-0.25, -0.2) is 4.79 Å². The zero-order chi connectivity index (χ0) is 12.5. The minimum absolute atomic E-state index is 0.0182. The summed E-state index contributed by atoms with van der Waals surface area (Å²) in [5, 5.41) is 8.62. The average Bonchev–Trinajstić information content (AvgIpc) is 2.66. The van der Waals surface area contributed by atoms with Gasteiger partial charge in [0, 0.05) is 12.2 Å². The molecule has 1 unspecified atom stereocenters. The fourth-order valence-corrected chi connectivity index (χ4v) is 1.83. The molecule has 3 heteroatoms. The molecule has 1 rings (SSSR count). The van der Waals surface area contributed by atoms with Crippen LogP contribution in [-0.2, 0) is 9.53 Å². The molecule has 0 saturated heterocycles. The van der Waals surface area contributed by atoms with Crippen molar-refractivity contribution in [3.05, 3.63) is 23.8 Å². The maximum absolute atomic E-state index is 11.5. The van der Waals surface area contributed by atoms with Crippen molar-refractivity contribution in [1.82, 2.24) is 0 Å². The molecular formula is C14H22O3. The summed E-state index contributed by atoms with van der Waals surface area (Å²) < 4.78 is 5.26. The molecule has 1 heterocycles. The molecule has 0 aliphatic carbocycles. The third-order valence-corrected chi connectivity index (χ3v) is 2.80. The fraction of sp³-hybridized carbons (Fsp3) is 0.643. The van der Waals surface area contributed by atoms with Crippen molar-refractivity contribution in [2.45, 2.75) is 51.6 Å². The zero-order valence-corrected chi connectivity index (χ0v) is 10.5. The van der Waals surface area contributed by atoms with Gasteiger partial charge in [-0.2, -0.15) is 0 Å². The average molecular weight is 238 g/mol. The standard InChI is InChI=1S/C14H22O3/c1-2-3-5-9-13-11-12(14(16)17-13)8-6-4-7-10-15/h4,6,11,13,15H,2-3,5,7-10H2,1H3/b6-4+. The monoisotopic (exact) mass is 238 g/mol. The van der Waals surface area contributed by atoms with Crippen LogP contribution in [0.15, 0.2) is 23.8 Å². The van der Waals surface area contributed by atoms with Gasteiger partial charge in [0.05, 0.1) is 0 Å². The van der Waals surface area contributed by atoms with Crippen LogP contribution in [-0.4, -0.2) is 23.8 Å². The van der Waals surface area contributed by atoms with E-state index in [-0.39, 0.29) is 18.7 Å². The van der Waals surface area contributed by atoms with Crippen molar-refractivity contribution in [2.75, 3.05) is 6.61 Å². The van der Waals surface area contributed by atoms with E-state index < -0.39 is 0 Å². The number of carbonyl (C=O) groups is 1. The van der Waals surface area contributed by atoms with Gasteiger partial charge in [-0.3, -0.25) is 0 Å². The third kappa shape index (κ3) is 5.18. The molecule has 1 atom stereocenters. The molecule has 0 radical (unpaired) electrons. The Balaban J connectivity index is 2.32. The summed E-state index contributed by atoms with van der Waals surface area (Å²) >= 11 is 0. The van der Waals surface area contributed by atoms with E-state index in [2.05, 4.69) is 6.92 Å². The van der Waals surface area contributed by atoms with Crippen molar-refractivity contribution < 1.29 is 14.6 Å². The van der Waals surface area contributed by atoms with Gasteiger partial charge in [-0.05, 0) is 31.8 Å². The van der Waals surface area contributed by atoms with Gasteiger partial charge in [0.1, 0.15) is 6.10 Å². The number of hydrogen-bond acceptors (Lipinski definition) is 3. The molecule has 0 bridgehead atoms. The number of cyclic esters (lactones) is 1. The first-order valence-electron chi connectivity index (χ1n) is 6.45. The maximum Gasteiger partial charge on any atom is 0.334 e. The van der Waals surface area contributed by atoms with Gasteiger partial charge in [0.25, 0.3) is 0 Å². The molecule has 1 N–H and O–H groups in total. The predicted octanol–water partition coefficient (Wildman–Crippen LogP) is 2.75. The minimum atomic E-state index is -0.180. The SMILES string of the molecule is CCCCCC1C=C(C/C=C/CCO)C(=O)O1. The van der Waals surface area contributed by atoms with Crippen molar-refractivity contribution >= 4 is 5.97 Å². The van der Waals surface area contributed by atoms with Crippen LogP contribution in [0.25, 0.3) is 0 Å². The highest BCUT2D eigenvalue weighted by Crippen LogP contribution is 2.21. The summed E-state index contributed by atoms with van der Waals surface area (Å²) in [6, 6.07) is 0. The van der Waals surface area contributed by atoms with Crippen molar-refractivity contribution in [1.29, 1.82) is 0 Å². The van der Waals surface area contributed by atoms with Gasteiger partial charge >= 0.3 is 5.97 Å². The number of aliphatic hydroxyl groups excluding tert-OH is 1. The lowest BCUT2D eigenvalue weighted by Crippen LogP contribution is -2.07. The molecule has 1 aliphatic rings. The summed E-state index contributed by atoms with van der Waals surface area (Å²) in [4.78, 5) is 11.5. The van der Waals surface area contributed by atoms with Crippen LogP contribution in [0.4, 0.5) is 0 Å². The topological polar surface area (TPSA) is 46.5 Å². The molecule has 0 fully saturated rings. The van der Waals surface area contributed by atoms with Crippen molar-refractivity contribution in [3.63, 3.8) is 0 Å². The molecule has 0 spiro atoms. The first kappa shape index (κ1) is 14.0. The Hall–Kier alpha value is -1.09.